The largest absolute Gasteiger partial charge is 0.616 e. The van der Waals surface area contributed by atoms with Crippen LogP contribution in [0.2, 0.25) is 0 Å². The molecule has 1 unspecified atom stereocenters. The molecular weight excluding hydrogens is 596 g/mol. The van der Waals surface area contributed by atoms with Crippen molar-refractivity contribution in [2.24, 2.45) is 11.8 Å². The Labute approximate surface area is 276 Å². The molecule has 246 valence electrons. The molecule has 1 aromatic heterocycles. The minimum absolute atomic E-state index is 0.0306. The van der Waals surface area contributed by atoms with Crippen LogP contribution in [0.5, 0.6) is 5.75 Å². The van der Waals surface area contributed by atoms with Crippen molar-refractivity contribution in [2.45, 2.75) is 89.1 Å². The van der Waals surface area contributed by atoms with Crippen LogP contribution in [0.1, 0.15) is 87.3 Å². The fraction of sp³-hybridized carbons (Fsp3) is 0.541. The van der Waals surface area contributed by atoms with Crippen LogP contribution in [-0.2, 0) is 20.8 Å². The highest BCUT2D eigenvalue weighted by Gasteiger charge is 2.33. The second-order valence-electron chi connectivity index (χ2n) is 13.7. The zero-order valence-corrected chi connectivity index (χ0v) is 28.3. The summed E-state index contributed by atoms with van der Waals surface area (Å²) in [5, 5.41) is 7.64. The highest BCUT2D eigenvalue weighted by Crippen LogP contribution is 2.39. The van der Waals surface area contributed by atoms with Gasteiger partial charge in [-0.15, -0.1) is 0 Å². The van der Waals surface area contributed by atoms with Gasteiger partial charge in [-0.2, -0.15) is 5.10 Å². The van der Waals surface area contributed by atoms with E-state index in [-0.39, 0.29) is 29.5 Å². The lowest BCUT2D eigenvalue weighted by Crippen LogP contribution is -2.45. The zero-order chi connectivity index (χ0) is 32.2. The maximum Gasteiger partial charge on any atom is 0.270 e. The molecule has 6 rings (SSSR count). The highest BCUT2D eigenvalue weighted by molar-refractivity contribution is 7.91. The summed E-state index contributed by atoms with van der Waals surface area (Å²) in [6.07, 6.45) is 15.4. The van der Waals surface area contributed by atoms with E-state index >= 15 is 0 Å². The van der Waals surface area contributed by atoms with Crippen molar-refractivity contribution in [3.63, 3.8) is 0 Å². The van der Waals surface area contributed by atoms with E-state index in [9.17, 15) is 14.1 Å². The molecule has 3 aliphatic rings. The fourth-order valence-electron chi connectivity index (χ4n) is 7.45. The molecule has 1 N–H and O–H groups in total. The van der Waals surface area contributed by atoms with E-state index in [0.717, 1.165) is 80.5 Å². The van der Waals surface area contributed by atoms with Crippen LogP contribution in [0.4, 0.5) is 5.69 Å². The number of anilines is 1. The molecule has 3 saturated carbocycles. The summed E-state index contributed by atoms with van der Waals surface area (Å²) in [5.74, 6) is 1.88. The van der Waals surface area contributed by atoms with E-state index in [4.69, 9.17) is 4.74 Å². The number of carbonyl (C=O) groups is 2. The first kappa shape index (κ1) is 32.6. The maximum absolute atomic E-state index is 14.4. The van der Waals surface area contributed by atoms with Crippen molar-refractivity contribution < 1.29 is 18.9 Å². The standard InChI is InChI=1S/C37H48N4O4S/c1-25-19-30(13-18-35(25)45-2)27-9-7-26(8-10-27)22-40(37(43)28-11-14-32(15-12-28)39-36(42)24-46(3)44)34-6-4-5-29(20-34)31-21-38-41(23-31)33-16-17-33/h4-6,13,18-21,23,26-28,32-33H,7-12,14-17,22,24H2,1-3H3,(H,39,42)/t26-,27-,28-,32-,46?. The number of rotatable bonds is 11. The third-order valence-electron chi connectivity index (χ3n) is 10.2. The van der Waals surface area contributed by atoms with Gasteiger partial charge < -0.3 is 19.5 Å². The van der Waals surface area contributed by atoms with Gasteiger partial charge in [0.05, 0.1) is 25.6 Å². The van der Waals surface area contributed by atoms with E-state index in [0.29, 0.717) is 17.9 Å². The molecular formula is C37H48N4O4S. The smallest absolute Gasteiger partial charge is 0.270 e. The van der Waals surface area contributed by atoms with Crippen molar-refractivity contribution in [1.82, 2.24) is 15.1 Å². The molecule has 0 saturated heterocycles. The third kappa shape index (κ3) is 7.97. The molecule has 3 aliphatic carbocycles. The molecule has 2 amide bonds. The summed E-state index contributed by atoms with van der Waals surface area (Å²) in [4.78, 5) is 28.6. The highest BCUT2D eigenvalue weighted by atomic mass is 32.2. The summed E-state index contributed by atoms with van der Waals surface area (Å²) in [5.41, 5.74) is 5.69. The van der Waals surface area contributed by atoms with Gasteiger partial charge in [0.1, 0.15) is 5.75 Å². The third-order valence-corrected chi connectivity index (χ3v) is 10.9. The van der Waals surface area contributed by atoms with Crippen molar-refractivity contribution in [1.29, 1.82) is 0 Å². The van der Waals surface area contributed by atoms with Crippen molar-refractivity contribution in [2.75, 3.05) is 30.6 Å². The normalized spacial score (nSPS) is 23.8. The van der Waals surface area contributed by atoms with Gasteiger partial charge in [0.25, 0.3) is 5.91 Å². The van der Waals surface area contributed by atoms with Gasteiger partial charge in [0.2, 0.25) is 5.91 Å². The molecule has 8 nitrogen and oxygen atoms in total. The van der Waals surface area contributed by atoms with Crippen LogP contribution in [0, 0.1) is 18.8 Å². The Kier molecular flexibility index (Phi) is 10.4. The number of nitrogens with zero attached hydrogens (tertiary/aromatic N) is 3. The fourth-order valence-corrected chi connectivity index (χ4v) is 7.91. The Morgan fingerprint density at radius 2 is 1.76 bits per heavy atom. The van der Waals surface area contributed by atoms with Crippen molar-refractivity contribution >= 4 is 28.7 Å². The van der Waals surface area contributed by atoms with Crippen LogP contribution < -0.4 is 15.0 Å². The molecule has 3 aromatic rings. The van der Waals surface area contributed by atoms with E-state index in [1.165, 1.54) is 24.0 Å². The number of hydrogen-bond acceptors (Lipinski definition) is 5. The molecule has 46 heavy (non-hydrogen) atoms. The van der Waals surface area contributed by atoms with Crippen molar-refractivity contribution in [3.8, 4) is 16.9 Å². The summed E-state index contributed by atoms with van der Waals surface area (Å²) in [6, 6.07) is 15.5. The Morgan fingerprint density at radius 3 is 2.43 bits per heavy atom. The number of aromatic nitrogens is 2. The molecule has 0 spiro atoms. The van der Waals surface area contributed by atoms with Gasteiger partial charge in [0, 0.05) is 36.0 Å². The lowest BCUT2D eigenvalue weighted by atomic mass is 9.78. The van der Waals surface area contributed by atoms with Crippen molar-refractivity contribution in [3.05, 3.63) is 66.0 Å². The zero-order valence-electron chi connectivity index (χ0n) is 27.5. The van der Waals surface area contributed by atoms with Gasteiger partial charge in [0.15, 0.2) is 5.75 Å². The number of amides is 2. The van der Waals surface area contributed by atoms with Gasteiger partial charge >= 0.3 is 0 Å². The minimum Gasteiger partial charge on any atom is -0.616 e. The average Bonchev–Trinajstić information content (AvgIpc) is 3.79. The second kappa shape index (κ2) is 14.6. The Bertz CT molecular complexity index is 1500. The topological polar surface area (TPSA) is 99.5 Å². The second-order valence-corrected chi connectivity index (χ2v) is 15.2. The molecule has 3 fully saturated rings. The van der Waals surface area contributed by atoms with Gasteiger partial charge in [-0.1, -0.05) is 24.3 Å². The van der Waals surface area contributed by atoms with Gasteiger partial charge in [-0.05, 0) is 129 Å². The quantitative estimate of drug-likeness (QED) is 0.238. The predicted molar refractivity (Wildman–Crippen MR) is 184 cm³/mol. The summed E-state index contributed by atoms with van der Waals surface area (Å²) in [6.45, 7) is 2.83. The number of methoxy groups -OCH3 is 1. The predicted octanol–water partition coefficient (Wildman–Crippen LogP) is 6.56. The number of aryl methyl sites for hydroxylation is 1. The minimum atomic E-state index is -1.16. The molecule has 1 atom stereocenters. The number of carbonyl (C=O) groups excluding carboxylic acids is 2. The van der Waals surface area contributed by atoms with Crippen LogP contribution in [0.15, 0.2) is 54.9 Å². The first-order valence-electron chi connectivity index (χ1n) is 17.0. The summed E-state index contributed by atoms with van der Waals surface area (Å²) < 4.78 is 19.0. The number of hydrogen-bond donors (Lipinski definition) is 1. The van der Waals surface area contributed by atoms with E-state index in [2.05, 4.69) is 75.6 Å². The maximum atomic E-state index is 14.4. The molecule has 0 aliphatic heterocycles. The van der Waals surface area contributed by atoms with Gasteiger partial charge in [-0.25, -0.2) is 0 Å². The Balaban J connectivity index is 1.16. The molecule has 1 heterocycles. The average molecular weight is 645 g/mol. The lowest BCUT2D eigenvalue weighted by molar-refractivity contribution is -0.123. The molecule has 0 radical (unpaired) electrons. The summed E-state index contributed by atoms with van der Waals surface area (Å²) in [7, 11) is 1.72. The van der Waals surface area contributed by atoms with E-state index < -0.39 is 11.2 Å². The number of ether oxygens (including phenoxy) is 1. The first-order valence-corrected chi connectivity index (χ1v) is 18.7. The lowest BCUT2D eigenvalue weighted by Gasteiger charge is -2.36. The molecule has 2 aromatic carbocycles. The Morgan fingerprint density at radius 1 is 1.00 bits per heavy atom. The summed E-state index contributed by atoms with van der Waals surface area (Å²) >= 11 is -1.16. The van der Waals surface area contributed by atoms with Crippen LogP contribution in [-0.4, -0.2) is 57.9 Å². The van der Waals surface area contributed by atoms with Crippen LogP contribution in [0.25, 0.3) is 11.1 Å². The van der Waals surface area contributed by atoms with E-state index in [1.807, 2.05) is 6.20 Å². The van der Waals surface area contributed by atoms with Crippen LogP contribution >= 0.6 is 0 Å². The molecule has 9 heteroatoms. The Hall–Kier alpha value is -3.30. The number of nitrogens with one attached hydrogen (secondary N) is 1. The first-order chi connectivity index (χ1) is 22.3. The monoisotopic (exact) mass is 644 g/mol. The van der Waals surface area contributed by atoms with E-state index in [1.54, 1.807) is 13.4 Å². The van der Waals surface area contributed by atoms with Gasteiger partial charge in [-0.3, -0.25) is 14.3 Å². The number of benzene rings is 2. The SMILES string of the molecule is COc1ccc([C@H]2CC[C@H](CN(c3cccc(-c4cnn(C5CC5)c4)c3)C(=O)[C@H]3CC[C@H](NC(=O)C[S+](C)[O-])CC3)CC2)cc1C. The molecule has 0 bridgehead atoms. The van der Waals surface area contributed by atoms with Crippen LogP contribution in [0.3, 0.4) is 0 Å².